The van der Waals surface area contributed by atoms with Crippen molar-refractivity contribution in [2.24, 2.45) is 0 Å². The van der Waals surface area contributed by atoms with E-state index >= 15 is 0 Å². The van der Waals surface area contributed by atoms with E-state index in [4.69, 9.17) is 9.47 Å². The number of hydrogen-bond donors (Lipinski definition) is 1. The van der Waals surface area contributed by atoms with Crippen molar-refractivity contribution in [3.05, 3.63) is 29.8 Å². The van der Waals surface area contributed by atoms with Crippen LogP contribution >= 0.6 is 0 Å². The van der Waals surface area contributed by atoms with Crippen molar-refractivity contribution in [2.75, 3.05) is 19.8 Å². The summed E-state index contributed by atoms with van der Waals surface area (Å²) in [6, 6.07) is 6.98. The van der Waals surface area contributed by atoms with Gasteiger partial charge in [-0.25, -0.2) is 0 Å². The fourth-order valence-electron chi connectivity index (χ4n) is 2.08. The van der Waals surface area contributed by atoms with Crippen molar-refractivity contribution < 1.29 is 19.4 Å². The lowest BCUT2D eigenvalue weighted by molar-refractivity contribution is 0.0713. The van der Waals surface area contributed by atoms with Gasteiger partial charge >= 0.3 is 0 Å². The van der Waals surface area contributed by atoms with Crippen LogP contribution in [0, 0.1) is 11.8 Å². The fourth-order valence-corrected chi connectivity index (χ4v) is 2.08. The molecule has 4 nitrogen and oxygen atoms in total. The van der Waals surface area contributed by atoms with Crippen molar-refractivity contribution in [3.8, 4) is 17.6 Å². The van der Waals surface area contributed by atoms with Crippen LogP contribution in [-0.2, 0) is 4.74 Å². The minimum atomic E-state index is -0.982. The van der Waals surface area contributed by atoms with E-state index in [2.05, 4.69) is 11.8 Å². The number of para-hydroxylation sites is 1. The molecule has 0 radical (unpaired) electrons. The zero-order valence-electron chi connectivity index (χ0n) is 11.3. The quantitative estimate of drug-likeness (QED) is 0.674. The number of aliphatic hydroxyl groups is 1. The number of rotatable bonds is 3. The second-order valence-corrected chi connectivity index (χ2v) is 4.74. The highest BCUT2D eigenvalue weighted by Crippen LogP contribution is 2.20. The van der Waals surface area contributed by atoms with Crippen LogP contribution in [0.25, 0.3) is 0 Å². The molecule has 1 N–H and O–H groups in total. The molecule has 0 saturated carbocycles. The number of carbonyl (C=O) groups is 1. The normalized spacial score (nSPS) is 22.2. The average Bonchev–Trinajstić information content (AvgIpc) is 2.69. The predicted octanol–water partition coefficient (Wildman–Crippen LogP) is 1.81. The molecular weight excluding hydrogens is 256 g/mol. The summed E-state index contributed by atoms with van der Waals surface area (Å²) < 4.78 is 10.7. The highest BCUT2D eigenvalue weighted by atomic mass is 16.5. The number of carbonyl (C=O) groups excluding carboxylic acids is 1. The topological polar surface area (TPSA) is 55.8 Å². The summed E-state index contributed by atoms with van der Waals surface area (Å²) in [5.41, 5.74) is -0.486. The Bertz CT molecular complexity index is 505. The summed E-state index contributed by atoms with van der Waals surface area (Å²) in [5, 5.41) is 10.3. The predicted molar refractivity (Wildman–Crippen MR) is 74.7 cm³/mol. The third-order valence-electron chi connectivity index (χ3n) is 3.21. The molecule has 1 fully saturated rings. The van der Waals surface area contributed by atoms with Gasteiger partial charge < -0.3 is 14.6 Å². The Morgan fingerprint density at radius 2 is 2.20 bits per heavy atom. The van der Waals surface area contributed by atoms with Crippen LogP contribution in [0.3, 0.4) is 0 Å². The maximum atomic E-state index is 10.8. The maximum absolute atomic E-state index is 10.8. The first kappa shape index (κ1) is 14.6. The lowest BCUT2D eigenvalue weighted by atomic mass is 9.96. The van der Waals surface area contributed by atoms with Crippen LogP contribution in [0.5, 0.6) is 5.75 Å². The summed E-state index contributed by atoms with van der Waals surface area (Å²) in [6.07, 6.45) is 2.69. The Labute approximate surface area is 118 Å². The summed E-state index contributed by atoms with van der Waals surface area (Å²) in [7, 11) is 0. The van der Waals surface area contributed by atoms with Crippen LogP contribution in [0.15, 0.2) is 24.3 Å². The molecule has 1 atom stereocenters. The molecule has 0 aliphatic carbocycles. The number of ether oxygens (including phenoxy) is 2. The first-order valence-electron chi connectivity index (χ1n) is 6.71. The maximum Gasteiger partial charge on any atom is 0.153 e. The largest absolute Gasteiger partial charge is 0.480 e. The van der Waals surface area contributed by atoms with Gasteiger partial charge in [0.2, 0.25) is 0 Å². The SMILES string of the molecule is O=Cc1ccccc1OCC#CC1(O)CCCOCC1. The van der Waals surface area contributed by atoms with E-state index in [9.17, 15) is 9.90 Å². The van der Waals surface area contributed by atoms with Crippen LogP contribution in [-0.4, -0.2) is 36.8 Å². The smallest absolute Gasteiger partial charge is 0.153 e. The Kier molecular flexibility index (Phi) is 5.16. The van der Waals surface area contributed by atoms with Crippen molar-refractivity contribution >= 4 is 6.29 Å². The van der Waals surface area contributed by atoms with Gasteiger partial charge in [0.05, 0.1) is 12.2 Å². The van der Waals surface area contributed by atoms with Gasteiger partial charge in [-0.15, -0.1) is 0 Å². The van der Waals surface area contributed by atoms with Gasteiger partial charge in [0.15, 0.2) is 6.29 Å². The van der Waals surface area contributed by atoms with Crippen LogP contribution in [0.2, 0.25) is 0 Å². The standard InChI is InChI=1S/C16H18O4/c17-13-14-5-1-2-6-15(14)20-11-4-8-16(18)7-3-10-19-12-9-16/h1-2,5-6,13,18H,3,7,9-12H2. The Hall–Kier alpha value is -1.83. The van der Waals surface area contributed by atoms with Gasteiger partial charge in [-0.3, -0.25) is 4.79 Å². The summed E-state index contributed by atoms with van der Waals surface area (Å²) >= 11 is 0. The number of hydrogen-bond acceptors (Lipinski definition) is 4. The Morgan fingerprint density at radius 3 is 3.05 bits per heavy atom. The zero-order valence-corrected chi connectivity index (χ0v) is 11.3. The molecule has 0 amide bonds. The number of aldehydes is 1. The highest BCUT2D eigenvalue weighted by Gasteiger charge is 2.25. The van der Waals surface area contributed by atoms with Gasteiger partial charge in [-0.2, -0.15) is 0 Å². The van der Waals surface area contributed by atoms with E-state index < -0.39 is 5.60 Å². The van der Waals surface area contributed by atoms with Crippen molar-refractivity contribution in [1.82, 2.24) is 0 Å². The zero-order chi connectivity index (χ0) is 14.3. The second-order valence-electron chi connectivity index (χ2n) is 4.74. The van der Waals surface area contributed by atoms with Gasteiger partial charge in [-0.1, -0.05) is 24.0 Å². The molecule has 0 bridgehead atoms. The number of benzene rings is 1. The van der Waals surface area contributed by atoms with Gasteiger partial charge in [0, 0.05) is 13.0 Å². The monoisotopic (exact) mass is 274 g/mol. The van der Waals surface area contributed by atoms with E-state index in [1.165, 1.54) is 0 Å². The molecule has 0 aromatic heterocycles. The minimum Gasteiger partial charge on any atom is -0.480 e. The summed E-state index contributed by atoms with van der Waals surface area (Å²) in [4.78, 5) is 10.8. The van der Waals surface area contributed by atoms with E-state index in [0.29, 0.717) is 37.4 Å². The third kappa shape index (κ3) is 4.09. The van der Waals surface area contributed by atoms with Crippen molar-refractivity contribution in [3.63, 3.8) is 0 Å². The first-order chi connectivity index (χ1) is 9.73. The van der Waals surface area contributed by atoms with Crippen LogP contribution < -0.4 is 4.74 Å². The average molecular weight is 274 g/mol. The van der Waals surface area contributed by atoms with Crippen molar-refractivity contribution in [2.45, 2.75) is 24.9 Å². The second kappa shape index (κ2) is 7.09. The molecule has 2 rings (SSSR count). The van der Waals surface area contributed by atoms with Crippen molar-refractivity contribution in [1.29, 1.82) is 0 Å². The first-order valence-corrected chi connectivity index (χ1v) is 6.71. The lowest BCUT2D eigenvalue weighted by Crippen LogP contribution is -2.26. The molecule has 1 heterocycles. The molecule has 1 saturated heterocycles. The summed E-state index contributed by atoms with van der Waals surface area (Å²) in [6.45, 7) is 1.35. The molecule has 106 valence electrons. The molecule has 4 heteroatoms. The molecule has 1 unspecified atom stereocenters. The Morgan fingerprint density at radius 1 is 1.35 bits per heavy atom. The molecule has 1 aliphatic rings. The molecule has 1 aromatic carbocycles. The third-order valence-corrected chi connectivity index (χ3v) is 3.21. The van der Waals surface area contributed by atoms with E-state index in [-0.39, 0.29) is 6.61 Å². The van der Waals surface area contributed by atoms with Crippen LogP contribution in [0.4, 0.5) is 0 Å². The molecule has 1 aliphatic heterocycles. The van der Waals surface area contributed by atoms with E-state index in [0.717, 1.165) is 12.7 Å². The molecule has 20 heavy (non-hydrogen) atoms. The summed E-state index contributed by atoms with van der Waals surface area (Å²) in [5.74, 6) is 6.19. The lowest BCUT2D eigenvalue weighted by Gasteiger charge is -2.18. The van der Waals surface area contributed by atoms with Gasteiger partial charge in [0.25, 0.3) is 0 Å². The minimum absolute atomic E-state index is 0.147. The van der Waals surface area contributed by atoms with Crippen LogP contribution in [0.1, 0.15) is 29.6 Å². The fraction of sp³-hybridized carbons (Fsp3) is 0.438. The van der Waals surface area contributed by atoms with Gasteiger partial charge in [-0.05, 0) is 25.0 Å². The van der Waals surface area contributed by atoms with E-state index in [1.807, 2.05) is 0 Å². The highest BCUT2D eigenvalue weighted by molar-refractivity contribution is 5.79. The Balaban J connectivity index is 1.92. The van der Waals surface area contributed by atoms with E-state index in [1.54, 1.807) is 24.3 Å². The molecule has 1 aromatic rings. The molecular formula is C16H18O4. The van der Waals surface area contributed by atoms with Gasteiger partial charge in [0.1, 0.15) is 18.0 Å². The molecule has 0 spiro atoms.